The highest BCUT2D eigenvalue weighted by atomic mass is 35.5. The smallest absolute Gasteiger partial charge is 0.252 e. The van der Waals surface area contributed by atoms with Gasteiger partial charge in [0.15, 0.2) is 0 Å². The Labute approximate surface area is 180 Å². The Bertz CT molecular complexity index is 957. The molecule has 0 spiro atoms. The number of amides is 1. The predicted molar refractivity (Wildman–Crippen MR) is 116 cm³/mol. The largest absolute Gasteiger partial charge is 0.367 e. The van der Waals surface area contributed by atoms with Crippen molar-refractivity contribution in [3.05, 3.63) is 46.8 Å². The molecule has 0 bridgehead atoms. The minimum absolute atomic E-state index is 0.0647. The summed E-state index contributed by atoms with van der Waals surface area (Å²) in [4.78, 5) is 17.2. The molecule has 2 fully saturated rings. The van der Waals surface area contributed by atoms with Gasteiger partial charge in [-0.3, -0.25) is 4.79 Å². The second-order valence-corrected chi connectivity index (χ2v) is 10.9. The van der Waals surface area contributed by atoms with Crippen LogP contribution in [0.1, 0.15) is 12.8 Å². The lowest BCUT2D eigenvalue weighted by atomic mass is 9.97. The first-order valence-electron chi connectivity index (χ1n) is 9.79. The molecule has 4 rings (SSSR count). The van der Waals surface area contributed by atoms with E-state index < -0.39 is 10.0 Å². The Kier molecular flexibility index (Phi) is 6.15. The van der Waals surface area contributed by atoms with E-state index in [0.29, 0.717) is 35.3 Å². The third-order valence-electron chi connectivity index (χ3n) is 5.61. The summed E-state index contributed by atoms with van der Waals surface area (Å²) in [6, 6.07) is 11.1. The van der Waals surface area contributed by atoms with Gasteiger partial charge in [-0.1, -0.05) is 29.8 Å². The number of sulfonamides is 1. The van der Waals surface area contributed by atoms with Crippen LogP contribution in [-0.2, 0) is 14.8 Å². The van der Waals surface area contributed by atoms with Gasteiger partial charge in [0.2, 0.25) is 5.91 Å². The molecule has 3 heterocycles. The zero-order chi connectivity index (χ0) is 20.4. The number of piperidine rings is 1. The van der Waals surface area contributed by atoms with Crippen molar-refractivity contribution < 1.29 is 13.2 Å². The number of para-hydroxylation sites is 1. The fourth-order valence-electron chi connectivity index (χ4n) is 4.03. The maximum atomic E-state index is 13.1. The van der Waals surface area contributed by atoms with Crippen molar-refractivity contribution in [1.29, 1.82) is 0 Å². The highest BCUT2D eigenvalue weighted by Gasteiger charge is 2.36. The molecule has 2 saturated heterocycles. The number of thiophene rings is 1. The normalized spacial score (nSPS) is 21.3. The van der Waals surface area contributed by atoms with E-state index in [-0.39, 0.29) is 18.4 Å². The average Bonchev–Trinajstić information content (AvgIpc) is 3.30. The molecular formula is C20H24ClN3O3S2. The summed E-state index contributed by atoms with van der Waals surface area (Å²) in [6.45, 7) is 3.43. The van der Waals surface area contributed by atoms with Crippen LogP contribution < -0.4 is 4.90 Å². The van der Waals surface area contributed by atoms with Crippen LogP contribution in [0.4, 0.5) is 5.69 Å². The highest BCUT2D eigenvalue weighted by molar-refractivity contribution is 7.91. The summed E-state index contributed by atoms with van der Waals surface area (Å²) in [6.07, 6.45) is 1.45. The molecule has 156 valence electrons. The van der Waals surface area contributed by atoms with Crippen LogP contribution in [0.3, 0.4) is 0 Å². The molecule has 0 aliphatic carbocycles. The molecule has 29 heavy (non-hydrogen) atoms. The van der Waals surface area contributed by atoms with E-state index >= 15 is 0 Å². The number of hydrogen-bond donors (Lipinski definition) is 0. The van der Waals surface area contributed by atoms with Crippen LogP contribution in [0.2, 0.25) is 5.02 Å². The Morgan fingerprint density at radius 3 is 2.48 bits per heavy atom. The van der Waals surface area contributed by atoms with Gasteiger partial charge in [-0.15, -0.1) is 11.3 Å². The standard InChI is InChI=1S/C20H24ClN3O3S2/c21-17-6-1-2-7-18(17)22-10-12-23(13-11-22)20(25)16-5-3-9-24(15-16)29(26,27)19-8-4-14-28-19/h1-2,4,6-8,14,16H,3,5,9-13,15H2/t16-/m1/s1. The van der Waals surface area contributed by atoms with Crippen molar-refractivity contribution in [1.82, 2.24) is 9.21 Å². The van der Waals surface area contributed by atoms with Gasteiger partial charge in [-0.25, -0.2) is 8.42 Å². The highest BCUT2D eigenvalue weighted by Crippen LogP contribution is 2.29. The summed E-state index contributed by atoms with van der Waals surface area (Å²) >= 11 is 7.51. The zero-order valence-electron chi connectivity index (χ0n) is 16.0. The van der Waals surface area contributed by atoms with E-state index in [1.54, 1.807) is 17.5 Å². The van der Waals surface area contributed by atoms with Crippen molar-refractivity contribution in [3.63, 3.8) is 0 Å². The van der Waals surface area contributed by atoms with Gasteiger partial charge in [-0.2, -0.15) is 4.31 Å². The molecular weight excluding hydrogens is 430 g/mol. The Balaban J connectivity index is 1.38. The van der Waals surface area contributed by atoms with Gasteiger partial charge in [0, 0.05) is 39.3 Å². The fourth-order valence-corrected chi connectivity index (χ4v) is 6.96. The van der Waals surface area contributed by atoms with Gasteiger partial charge < -0.3 is 9.80 Å². The monoisotopic (exact) mass is 453 g/mol. The lowest BCUT2D eigenvalue weighted by Crippen LogP contribution is -2.53. The quantitative estimate of drug-likeness (QED) is 0.713. The Morgan fingerprint density at radius 1 is 1.03 bits per heavy atom. The van der Waals surface area contributed by atoms with Crippen LogP contribution in [0.15, 0.2) is 46.0 Å². The molecule has 0 N–H and O–H groups in total. The van der Waals surface area contributed by atoms with E-state index in [1.807, 2.05) is 29.2 Å². The minimum Gasteiger partial charge on any atom is -0.367 e. The van der Waals surface area contributed by atoms with Crippen LogP contribution in [0, 0.1) is 5.92 Å². The van der Waals surface area contributed by atoms with Gasteiger partial charge in [-0.05, 0) is 36.4 Å². The van der Waals surface area contributed by atoms with Crippen LogP contribution in [0.5, 0.6) is 0 Å². The summed E-state index contributed by atoms with van der Waals surface area (Å²) in [5.74, 6) is -0.208. The predicted octanol–water partition coefficient (Wildman–Crippen LogP) is 3.15. The molecule has 1 atom stereocenters. The van der Waals surface area contributed by atoms with Crippen molar-refractivity contribution in [2.24, 2.45) is 5.92 Å². The SMILES string of the molecule is O=C([C@@H]1CCCN(S(=O)(=O)c2cccs2)C1)N1CCN(c2ccccc2Cl)CC1. The molecule has 0 saturated carbocycles. The van der Waals surface area contributed by atoms with Crippen molar-refractivity contribution in [2.75, 3.05) is 44.2 Å². The number of benzene rings is 1. The molecule has 1 aromatic heterocycles. The third-order valence-corrected chi connectivity index (χ3v) is 9.16. The number of anilines is 1. The lowest BCUT2D eigenvalue weighted by Gasteiger charge is -2.39. The topological polar surface area (TPSA) is 60.9 Å². The molecule has 0 radical (unpaired) electrons. The molecule has 0 unspecified atom stereocenters. The van der Waals surface area contributed by atoms with E-state index in [1.165, 1.54) is 15.6 Å². The number of carbonyl (C=O) groups excluding carboxylic acids is 1. The van der Waals surface area contributed by atoms with Crippen LogP contribution in [0.25, 0.3) is 0 Å². The number of halogens is 1. The van der Waals surface area contributed by atoms with Crippen LogP contribution in [-0.4, -0.2) is 62.8 Å². The van der Waals surface area contributed by atoms with E-state index in [9.17, 15) is 13.2 Å². The minimum atomic E-state index is -3.51. The summed E-state index contributed by atoms with van der Waals surface area (Å²) < 4.78 is 27.5. The first-order chi connectivity index (χ1) is 14.0. The maximum Gasteiger partial charge on any atom is 0.252 e. The van der Waals surface area contributed by atoms with Crippen molar-refractivity contribution in [3.8, 4) is 0 Å². The second kappa shape index (κ2) is 8.63. The van der Waals surface area contributed by atoms with Gasteiger partial charge in [0.1, 0.15) is 4.21 Å². The molecule has 9 heteroatoms. The molecule has 2 aromatic rings. The van der Waals surface area contributed by atoms with E-state index in [4.69, 9.17) is 11.6 Å². The molecule has 2 aliphatic heterocycles. The summed E-state index contributed by atoms with van der Waals surface area (Å²) in [5.41, 5.74) is 0.993. The maximum absolute atomic E-state index is 13.1. The van der Waals surface area contributed by atoms with Gasteiger partial charge in [0.05, 0.1) is 16.6 Å². The second-order valence-electron chi connectivity index (χ2n) is 7.40. The number of hydrogen-bond acceptors (Lipinski definition) is 5. The number of carbonyl (C=O) groups is 1. The number of piperazine rings is 1. The third kappa shape index (κ3) is 4.30. The van der Waals surface area contributed by atoms with E-state index in [2.05, 4.69) is 4.90 Å². The lowest BCUT2D eigenvalue weighted by molar-refractivity contribution is -0.137. The summed E-state index contributed by atoms with van der Waals surface area (Å²) in [7, 11) is -3.51. The average molecular weight is 454 g/mol. The first-order valence-corrected chi connectivity index (χ1v) is 12.5. The van der Waals surface area contributed by atoms with Crippen LogP contribution >= 0.6 is 22.9 Å². The van der Waals surface area contributed by atoms with Gasteiger partial charge >= 0.3 is 0 Å². The first kappa shape index (κ1) is 20.7. The van der Waals surface area contributed by atoms with Crippen molar-refractivity contribution in [2.45, 2.75) is 17.1 Å². The fraction of sp³-hybridized carbons (Fsp3) is 0.450. The Hall–Kier alpha value is -1.61. The number of rotatable bonds is 4. The Morgan fingerprint density at radius 2 is 1.79 bits per heavy atom. The van der Waals surface area contributed by atoms with Crippen molar-refractivity contribution >= 4 is 44.6 Å². The molecule has 2 aliphatic rings. The molecule has 6 nitrogen and oxygen atoms in total. The number of nitrogens with zero attached hydrogens (tertiary/aromatic N) is 3. The zero-order valence-corrected chi connectivity index (χ0v) is 18.4. The summed E-state index contributed by atoms with van der Waals surface area (Å²) in [5, 5.41) is 2.48. The molecule has 1 aromatic carbocycles. The molecule has 1 amide bonds. The van der Waals surface area contributed by atoms with Gasteiger partial charge in [0.25, 0.3) is 10.0 Å². The van der Waals surface area contributed by atoms with E-state index in [0.717, 1.165) is 25.2 Å².